The van der Waals surface area contributed by atoms with Gasteiger partial charge < -0.3 is 39.6 Å². The normalized spacial score (nSPS) is 16.0. The lowest BCUT2D eigenvalue weighted by atomic mass is 9.81. The van der Waals surface area contributed by atoms with E-state index >= 15 is 0 Å². The minimum atomic E-state index is -2.74. The number of carboxylic acids is 2. The number of amides is 1. The van der Waals surface area contributed by atoms with Crippen LogP contribution < -0.4 is 10.1 Å². The maximum absolute atomic E-state index is 13.7. The third kappa shape index (κ3) is 15.5. The van der Waals surface area contributed by atoms with Crippen LogP contribution in [0, 0.1) is 17.8 Å². The number of hydrogen-bond acceptors (Lipinski definition) is 9. The quantitative estimate of drug-likeness (QED) is 0.0407. The van der Waals surface area contributed by atoms with E-state index < -0.39 is 60.0 Å². The number of carbonyl (C=O) groups excluding carboxylic acids is 2. The lowest BCUT2D eigenvalue weighted by Gasteiger charge is -2.30. The molecule has 1 saturated heterocycles. The molecule has 2 rings (SSSR count). The first kappa shape index (κ1) is 43.2. The van der Waals surface area contributed by atoms with Gasteiger partial charge in [0.15, 0.2) is 11.4 Å². The zero-order valence-electron chi connectivity index (χ0n) is 30.5. The number of ether oxygens (including phenoxy) is 4. The van der Waals surface area contributed by atoms with Gasteiger partial charge in [-0.2, -0.15) is 0 Å². The number of aliphatic carboxylic acids is 2. The molecule has 0 saturated carbocycles. The number of unbranched alkanes of at least 4 members (excludes halogenated alkanes) is 8. The molecule has 1 amide bonds. The summed E-state index contributed by atoms with van der Waals surface area (Å²) < 4.78 is 22.4. The number of carboxylic acid groups (broad SMARTS) is 2. The van der Waals surface area contributed by atoms with Gasteiger partial charge in [0, 0.05) is 25.7 Å². The van der Waals surface area contributed by atoms with Crippen molar-refractivity contribution >= 4 is 23.8 Å². The van der Waals surface area contributed by atoms with E-state index in [0.717, 1.165) is 52.1 Å². The molecule has 0 radical (unpaired) electrons. The maximum atomic E-state index is 13.7. The Kier molecular flexibility index (Phi) is 20.0. The number of esters is 1. The average Bonchev–Trinajstić information content (AvgIpc) is 3.58. The second kappa shape index (κ2) is 23.5. The van der Waals surface area contributed by atoms with Crippen LogP contribution in [0.15, 0.2) is 36.4 Å². The van der Waals surface area contributed by atoms with Crippen molar-refractivity contribution in [1.29, 1.82) is 0 Å². The van der Waals surface area contributed by atoms with E-state index in [1.807, 2.05) is 0 Å². The third-order valence-corrected chi connectivity index (χ3v) is 9.02. The number of methoxy groups -OCH3 is 1. The van der Waals surface area contributed by atoms with Crippen LogP contribution in [0.5, 0.6) is 5.75 Å². The third-order valence-electron chi connectivity index (χ3n) is 9.02. The van der Waals surface area contributed by atoms with Crippen molar-refractivity contribution in [2.75, 3.05) is 26.9 Å². The number of nitrogens with one attached hydrogen (secondary N) is 1. The number of rotatable bonds is 26. The molecule has 12 heteroatoms. The molecule has 1 heterocycles. The zero-order valence-corrected chi connectivity index (χ0v) is 30.5. The van der Waals surface area contributed by atoms with Crippen molar-refractivity contribution in [2.24, 2.45) is 5.92 Å². The second-order valence-electron chi connectivity index (χ2n) is 12.9. The lowest BCUT2D eigenvalue weighted by molar-refractivity contribution is -0.169. The SMILES string of the molecule is CC#CCOc1ccc(C[C@H](NC(=O)[C@@H](C=CCCCCCCC2(CCCCCCC)OCCO2)[C@@](O)(CCC(=O)O)C(=O)O)C(=O)OC)cc1. The molecule has 284 valence electrons. The van der Waals surface area contributed by atoms with Crippen LogP contribution >= 0.6 is 0 Å². The minimum Gasteiger partial charge on any atom is -0.481 e. The summed E-state index contributed by atoms with van der Waals surface area (Å²) in [5, 5.41) is 33.0. The molecule has 0 bridgehead atoms. The molecule has 0 unspecified atom stereocenters. The highest BCUT2D eigenvalue weighted by Crippen LogP contribution is 2.32. The summed E-state index contributed by atoms with van der Waals surface area (Å²) in [6.45, 7) is 5.34. The molecule has 0 aliphatic carbocycles. The second-order valence-corrected chi connectivity index (χ2v) is 12.9. The summed E-state index contributed by atoms with van der Waals surface area (Å²) in [6.07, 6.45) is 13.1. The minimum absolute atomic E-state index is 0.000736. The van der Waals surface area contributed by atoms with Gasteiger partial charge in [-0.3, -0.25) is 9.59 Å². The fourth-order valence-electron chi connectivity index (χ4n) is 6.05. The summed E-state index contributed by atoms with van der Waals surface area (Å²) in [5.41, 5.74) is -2.10. The van der Waals surface area contributed by atoms with Crippen LogP contribution in [-0.4, -0.2) is 83.5 Å². The van der Waals surface area contributed by atoms with Gasteiger partial charge in [0.25, 0.3) is 0 Å². The van der Waals surface area contributed by atoms with E-state index in [0.29, 0.717) is 30.9 Å². The first-order valence-corrected chi connectivity index (χ1v) is 18.1. The van der Waals surface area contributed by atoms with Gasteiger partial charge in [0.05, 0.1) is 26.2 Å². The first-order valence-electron chi connectivity index (χ1n) is 18.1. The highest BCUT2D eigenvalue weighted by atomic mass is 16.7. The van der Waals surface area contributed by atoms with Crippen LogP contribution in [0.3, 0.4) is 0 Å². The maximum Gasteiger partial charge on any atom is 0.336 e. The fourth-order valence-corrected chi connectivity index (χ4v) is 6.05. The Bertz CT molecular complexity index is 1310. The Morgan fingerprint density at radius 3 is 2.18 bits per heavy atom. The van der Waals surface area contributed by atoms with E-state index in [9.17, 15) is 34.5 Å². The molecule has 1 aromatic carbocycles. The predicted molar refractivity (Wildman–Crippen MR) is 191 cm³/mol. The Morgan fingerprint density at radius 2 is 1.61 bits per heavy atom. The first-order chi connectivity index (χ1) is 24.5. The predicted octanol–water partition coefficient (Wildman–Crippen LogP) is 5.59. The number of benzene rings is 1. The largest absolute Gasteiger partial charge is 0.481 e. The van der Waals surface area contributed by atoms with Gasteiger partial charge >= 0.3 is 17.9 Å². The molecule has 1 fully saturated rings. The molecular weight excluding hydrogens is 658 g/mol. The molecular formula is C39H57NO11. The van der Waals surface area contributed by atoms with Crippen molar-refractivity contribution in [3.63, 3.8) is 0 Å². The van der Waals surface area contributed by atoms with E-state index in [1.54, 1.807) is 37.3 Å². The number of hydrogen-bond donors (Lipinski definition) is 4. The smallest absolute Gasteiger partial charge is 0.336 e. The Labute approximate surface area is 302 Å². The van der Waals surface area contributed by atoms with E-state index in [4.69, 9.17) is 18.9 Å². The van der Waals surface area contributed by atoms with Crippen LogP contribution in [0.25, 0.3) is 0 Å². The average molecular weight is 716 g/mol. The molecule has 12 nitrogen and oxygen atoms in total. The summed E-state index contributed by atoms with van der Waals surface area (Å²) in [7, 11) is 1.16. The van der Waals surface area contributed by atoms with Crippen molar-refractivity contribution in [2.45, 2.75) is 128 Å². The van der Waals surface area contributed by atoms with Gasteiger partial charge in [-0.05, 0) is 56.7 Å². The van der Waals surface area contributed by atoms with Gasteiger partial charge in [-0.1, -0.05) is 75.7 Å². The summed E-state index contributed by atoms with van der Waals surface area (Å²) in [4.78, 5) is 50.0. The molecule has 3 atom stereocenters. The molecule has 1 aliphatic heterocycles. The van der Waals surface area contributed by atoms with Crippen molar-refractivity contribution in [1.82, 2.24) is 5.32 Å². The molecule has 1 aromatic rings. The number of carbonyl (C=O) groups is 4. The van der Waals surface area contributed by atoms with Crippen molar-refractivity contribution in [3.05, 3.63) is 42.0 Å². The van der Waals surface area contributed by atoms with Gasteiger partial charge in [0.1, 0.15) is 18.4 Å². The van der Waals surface area contributed by atoms with Gasteiger partial charge in [0.2, 0.25) is 5.91 Å². The van der Waals surface area contributed by atoms with Crippen LogP contribution in [-0.2, 0) is 39.8 Å². The molecule has 1 aliphatic rings. The number of allylic oxidation sites excluding steroid dienone is 1. The van der Waals surface area contributed by atoms with Crippen LogP contribution in [0.2, 0.25) is 0 Å². The molecule has 51 heavy (non-hydrogen) atoms. The van der Waals surface area contributed by atoms with Crippen LogP contribution in [0.4, 0.5) is 0 Å². The topological polar surface area (TPSA) is 178 Å². The molecule has 4 N–H and O–H groups in total. The summed E-state index contributed by atoms with van der Waals surface area (Å²) >= 11 is 0. The Balaban J connectivity index is 2.06. The standard InChI is InChI=1S/C39H57NO11/c1-4-6-8-12-15-23-38(50-27-28-51-38)24-16-13-10-9-11-14-17-32(39(47,37(45)46)25-22-34(41)42)35(43)40-33(36(44)48-3)29-30-18-20-31(21-19-30)49-26-7-5-2/h14,17-21,32-33,47H,4,6,8-13,15-16,22-29H2,1-3H3,(H,40,43)(H,41,42)(H,45,46)/t32-,33+,39+/m1/s1. The molecule has 0 aromatic heterocycles. The van der Waals surface area contributed by atoms with E-state index in [-0.39, 0.29) is 13.0 Å². The number of aliphatic hydroxyl groups is 1. The van der Waals surface area contributed by atoms with Gasteiger partial charge in [-0.15, -0.1) is 5.92 Å². The monoisotopic (exact) mass is 715 g/mol. The highest BCUT2D eigenvalue weighted by Gasteiger charge is 2.47. The Hall–Kier alpha value is -3.92. The van der Waals surface area contributed by atoms with Crippen molar-refractivity contribution < 1.29 is 53.4 Å². The fraction of sp³-hybridized carbons (Fsp3) is 0.641. The summed E-state index contributed by atoms with van der Waals surface area (Å²) in [6, 6.07) is 5.57. The summed E-state index contributed by atoms with van der Waals surface area (Å²) in [5.74, 6) is -0.899. The van der Waals surface area contributed by atoms with E-state index in [1.165, 1.54) is 31.8 Å². The lowest BCUT2D eigenvalue weighted by Crippen LogP contribution is -2.55. The van der Waals surface area contributed by atoms with Crippen molar-refractivity contribution in [3.8, 4) is 17.6 Å². The molecule has 0 spiro atoms. The van der Waals surface area contributed by atoms with Gasteiger partial charge in [-0.25, -0.2) is 9.59 Å². The highest BCUT2D eigenvalue weighted by molar-refractivity contribution is 5.93. The van der Waals surface area contributed by atoms with Crippen LogP contribution in [0.1, 0.15) is 109 Å². The zero-order chi connectivity index (χ0) is 37.5. The Morgan fingerprint density at radius 1 is 0.980 bits per heavy atom. The van der Waals surface area contributed by atoms with E-state index in [2.05, 4.69) is 24.1 Å².